The molecule has 0 spiro atoms. The van der Waals surface area contributed by atoms with Crippen LogP contribution in [0.25, 0.3) is 0 Å². The number of hydrogen-bond acceptors (Lipinski definition) is 3. The molecule has 5 heteroatoms. The molecule has 1 saturated heterocycles. The third kappa shape index (κ3) is 2.19. The zero-order valence-electron chi connectivity index (χ0n) is 9.22. The Kier molecular flexibility index (Phi) is 3.05. The van der Waals surface area contributed by atoms with Crippen molar-refractivity contribution in [3.8, 4) is 0 Å². The first kappa shape index (κ1) is 11.4. The number of hydrogen-bond donors (Lipinski definition) is 1. The fourth-order valence-electron chi connectivity index (χ4n) is 2.36. The highest BCUT2D eigenvalue weighted by Gasteiger charge is 2.44. The molecule has 15 heavy (non-hydrogen) atoms. The van der Waals surface area contributed by atoms with Gasteiger partial charge in [0.15, 0.2) is 0 Å². The average Bonchev–Trinajstić information content (AvgIpc) is 2.94. The molecule has 1 aliphatic heterocycles. The molecule has 2 atom stereocenters. The van der Waals surface area contributed by atoms with Crippen molar-refractivity contribution in [1.82, 2.24) is 4.31 Å². The number of rotatable bonds is 4. The Labute approximate surface area is 91.9 Å². The van der Waals surface area contributed by atoms with Crippen molar-refractivity contribution >= 4 is 10.0 Å². The predicted octanol–water partition coefficient (Wildman–Crippen LogP) is 0.395. The lowest BCUT2D eigenvalue weighted by atomic mass is 9.95. The van der Waals surface area contributed by atoms with Crippen LogP contribution >= 0.6 is 0 Å². The van der Waals surface area contributed by atoms with Crippen molar-refractivity contribution in [2.24, 2.45) is 17.6 Å². The maximum Gasteiger partial charge on any atom is 0.216 e. The van der Waals surface area contributed by atoms with Crippen LogP contribution in [0.1, 0.15) is 26.2 Å². The molecule has 2 rings (SSSR count). The molecule has 1 saturated carbocycles. The zero-order valence-corrected chi connectivity index (χ0v) is 10.0. The zero-order chi connectivity index (χ0) is 11.1. The monoisotopic (exact) mass is 232 g/mol. The summed E-state index contributed by atoms with van der Waals surface area (Å²) in [6, 6.07) is 0. The third-order valence-electron chi connectivity index (χ3n) is 3.58. The molecular formula is C10H20N2O2S. The Bertz CT molecular complexity index is 324. The van der Waals surface area contributed by atoms with E-state index in [1.807, 2.05) is 0 Å². The summed E-state index contributed by atoms with van der Waals surface area (Å²) in [5.41, 5.74) is 5.53. The van der Waals surface area contributed by atoms with E-state index in [0.717, 1.165) is 19.3 Å². The molecule has 0 aromatic heterocycles. The Morgan fingerprint density at radius 3 is 2.53 bits per heavy atom. The van der Waals surface area contributed by atoms with Gasteiger partial charge in [-0.25, -0.2) is 12.7 Å². The summed E-state index contributed by atoms with van der Waals surface area (Å²) in [7, 11) is -2.96. The van der Waals surface area contributed by atoms with Gasteiger partial charge < -0.3 is 5.73 Å². The molecule has 2 fully saturated rings. The highest BCUT2D eigenvalue weighted by Crippen LogP contribution is 2.35. The van der Waals surface area contributed by atoms with Crippen LogP contribution in [-0.4, -0.2) is 37.6 Å². The van der Waals surface area contributed by atoms with Gasteiger partial charge in [0.1, 0.15) is 0 Å². The van der Waals surface area contributed by atoms with Crippen LogP contribution in [0, 0.1) is 11.8 Å². The largest absolute Gasteiger partial charge is 0.330 e. The molecule has 2 N–H and O–H groups in total. The van der Waals surface area contributed by atoms with Crippen LogP contribution in [0.2, 0.25) is 0 Å². The van der Waals surface area contributed by atoms with Crippen molar-refractivity contribution in [2.75, 3.05) is 19.6 Å². The van der Waals surface area contributed by atoms with Gasteiger partial charge >= 0.3 is 0 Å². The first-order valence-corrected chi connectivity index (χ1v) is 7.25. The fraction of sp³-hybridized carbons (Fsp3) is 1.00. The number of sulfonamides is 1. The van der Waals surface area contributed by atoms with Crippen molar-refractivity contribution in [3.05, 3.63) is 0 Å². The SMILES string of the molecule is C[C@@H]1CN(S(=O)(=O)C2CC2)C[C@H]1CCN. The second-order valence-electron chi connectivity index (χ2n) is 4.88. The Morgan fingerprint density at radius 2 is 2.00 bits per heavy atom. The highest BCUT2D eigenvalue weighted by molar-refractivity contribution is 7.90. The van der Waals surface area contributed by atoms with Crippen molar-refractivity contribution < 1.29 is 8.42 Å². The van der Waals surface area contributed by atoms with Crippen molar-refractivity contribution in [3.63, 3.8) is 0 Å². The van der Waals surface area contributed by atoms with Gasteiger partial charge in [0, 0.05) is 13.1 Å². The fourth-order valence-corrected chi connectivity index (χ4v) is 4.36. The van der Waals surface area contributed by atoms with Gasteiger partial charge in [-0.15, -0.1) is 0 Å². The molecule has 0 aromatic carbocycles. The van der Waals surface area contributed by atoms with Crippen LogP contribution in [0.3, 0.4) is 0 Å². The van der Waals surface area contributed by atoms with Crippen LogP contribution in [0.4, 0.5) is 0 Å². The van der Waals surface area contributed by atoms with E-state index in [0.29, 0.717) is 31.5 Å². The molecule has 88 valence electrons. The molecule has 2 aliphatic rings. The van der Waals surface area contributed by atoms with E-state index in [1.165, 1.54) is 0 Å². The van der Waals surface area contributed by atoms with Crippen LogP contribution in [0.5, 0.6) is 0 Å². The smallest absolute Gasteiger partial charge is 0.216 e. The standard InChI is InChI=1S/C10H20N2O2S/c1-8-6-12(7-9(8)4-5-11)15(13,14)10-2-3-10/h8-10H,2-7,11H2,1H3/t8-,9-/m1/s1. The molecule has 0 unspecified atom stereocenters. The molecule has 0 amide bonds. The first-order valence-electron chi connectivity index (χ1n) is 5.74. The highest BCUT2D eigenvalue weighted by atomic mass is 32.2. The van der Waals surface area contributed by atoms with Gasteiger partial charge in [-0.3, -0.25) is 0 Å². The quantitative estimate of drug-likeness (QED) is 0.763. The van der Waals surface area contributed by atoms with Gasteiger partial charge in [0.2, 0.25) is 10.0 Å². The van der Waals surface area contributed by atoms with E-state index < -0.39 is 10.0 Å². The van der Waals surface area contributed by atoms with Crippen molar-refractivity contribution in [1.29, 1.82) is 0 Å². The van der Waals surface area contributed by atoms with Gasteiger partial charge in [-0.1, -0.05) is 6.92 Å². The normalized spacial score (nSPS) is 33.5. The van der Waals surface area contributed by atoms with Gasteiger partial charge in [0.05, 0.1) is 5.25 Å². The summed E-state index contributed by atoms with van der Waals surface area (Å²) < 4.78 is 25.7. The maximum atomic E-state index is 12.0. The molecule has 0 aromatic rings. The summed E-state index contributed by atoms with van der Waals surface area (Å²) in [6.45, 7) is 4.18. The van der Waals surface area contributed by atoms with Gasteiger partial charge in [0.25, 0.3) is 0 Å². The van der Waals surface area contributed by atoms with E-state index in [-0.39, 0.29) is 5.25 Å². The lowest BCUT2D eigenvalue weighted by Crippen LogP contribution is -2.32. The van der Waals surface area contributed by atoms with E-state index in [4.69, 9.17) is 5.73 Å². The van der Waals surface area contributed by atoms with E-state index >= 15 is 0 Å². The number of nitrogens with zero attached hydrogens (tertiary/aromatic N) is 1. The van der Waals surface area contributed by atoms with Gasteiger partial charge in [-0.05, 0) is 37.6 Å². The lowest BCUT2D eigenvalue weighted by Gasteiger charge is -2.15. The third-order valence-corrected chi connectivity index (χ3v) is 5.91. The topological polar surface area (TPSA) is 63.4 Å². The molecule has 0 bridgehead atoms. The first-order chi connectivity index (χ1) is 7.05. The Balaban J connectivity index is 2.01. The minimum absolute atomic E-state index is 0.0682. The van der Waals surface area contributed by atoms with Gasteiger partial charge in [-0.2, -0.15) is 0 Å². The minimum atomic E-state index is -2.96. The van der Waals surface area contributed by atoms with E-state index in [9.17, 15) is 8.42 Å². The summed E-state index contributed by atoms with van der Waals surface area (Å²) in [5.74, 6) is 0.922. The molecule has 4 nitrogen and oxygen atoms in total. The summed E-state index contributed by atoms with van der Waals surface area (Å²) >= 11 is 0. The average molecular weight is 232 g/mol. The number of nitrogens with two attached hydrogens (primary N) is 1. The predicted molar refractivity (Wildman–Crippen MR) is 59.8 cm³/mol. The van der Waals surface area contributed by atoms with Crippen molar-refractivity contribution in [2.45, 2.75) is 31.4 Å². The Hall–Kier alpha value is -0.130. The summed E-state index contributed by atoms with van der Waals surface area (Å²) in [4.78, 5) is 0. The second-order valence-corrected chi connectivity index (χ2v) is 7.09. The Morgan fingerprint density at radius 1 is 1.33 bits per heavy atom. The lowest BCUT2D eigenvalue weighted by molar-refractivity contribution is 0.424. The molecular weight excluding hydrogens is 212 g/mol. The molecule has 0 radical (unpaired) electrons. The molecule has 1 aliphatic carbocycles. The summed E-state index contributed by atoms with van der Waals surface area (Å²) in [6.07, 6.45) is 2.65. The van der Waals surface area contributed by atoms with E-state index in [2.05, 4.69) is 6.92 Å². The van der Waals surface area contributed by atoms with Crippen LogP contribution in [0.15, 0.2) is 0 Å². The summed E-state index contributed by atoms with van der Waals surface area (Å²) in [5, 5.41) is -0.0682. The van der Waals surface area contributed by atoms with E-state index in [1.54, 1.807) is 4.31 Å². The second kappa shape index (κ2) is 4.03. The van der Waals surface area contributed by atoms with Crippen LogP contribution < -0.4 is 5.73 Å². The molecule has 1 heterocycles. The van der Waals surface area contributed by atoms with Crippen LogP contribution in [-0.2, 0) is 10.0 Å². The maximum absolute atomic E-state index is 12.0. The minimum Gasteiger partial charge on any atom is -0.330 e.